The predicted molar refractivity (Wildman–Crippen MR) is 182 cm³/mol. The SMILES string of the molecule is CCC(C)(c1ccc(OS(=O)(=O)C2=CC(=N)C(=O)c3ccccc32)cc1)c1ccc(OS(=O)(=O)C2=CC(=N)C(=O)c3ccccc32)cc1. The Bertz CT molecular complexity index is 2160. The lowest BCUT2D eigenvalue weighted by Crippen LogP contribution is -2.24. The van der Waals surface area contributed by atoms with Crippen LogP contribution in [0.25, 0.3) is 9.81 Å². The summed E-state index contributed by atoms with van der Waals surface area (Å²) < 4.78 is 63.9. The van der Waals surface area contributed by atoms with Gasteiger partial charge in [-0.2, -0.15) is 16.8 Å². The number of benzene rings is 4. The van der Waals surface area contributed by atoms with Gasteiger partial charge in [-0.15, -0.1) is 0 Å². The van der Waals surface area contributed by atoms with Crippen LogP contribution < -0.4 is 8.37 Å². The van der Waals surface area contributed by atoms with Crippen LogP contribution in [0.3, 0.4) is 0 Å². The van der Waals surface area contributed by atoms with E-state index in [1.807, 2.05) is 13.8 Å². The molecule has 6 rings (SSSR count). The van der Waals surface area contributed by atoms with E-state index < -0.39 is 48.6 Å². The van der Waals surface area contributed by atoms with Crippen LogP contribution in [0.2, 0.25) is 0 Å². The number of ketones is 2. The van der Waals surface area contributed by atoms with Gasteiger partial charge in [0.15, 0.2) is 0 Å². The topological polar surface area (TPSA) is 169 Å². The van der Waals surface area contributed by atoms with Gasteiger partial charge in [-0.3, -0.25) is 20.4 Å². The van der Waals surface area contributed by atoms with Crippen LogP contribution in [0.4, 0.5) is 0 Å². The standard InChI is InChI=1S/C36H28N2O8S2/c1-3-36(2,22-12-16-24(17-13-22)45-47(41,42)32-20-30(37)34(39)28-10-6-4-8-26(28)32)23-14-18-25(19-15-23)46-48(43,44)33-21-31(38)35(40)29-11-7-5-9-27(29)33/h4-21,37-38H,3H2,1-2H3. The molecule has 0 amide bonds. The molecule has 0 radical (unpaired) electrons. The molecule has 0 spiro atoms. The van der Waals surface area contributed by atoms with Crippen LogP contribution in [-0.2, 0) is 25.7 Å². The lowest BCUT2D eigenvalue weighted by molar-refractivity contribution is 0.105. The molecule has 4 aromatic carbocycles. The molecule has 0 aliphatic heterocycles. The Balaban J connectivity index is 1.21. The van der Waals surface area contributed by atoms with E-state index in [1.54, 1.807) is 48.5 Å². The zero-order valence-corrected chi connectivity index (χ0v) is 27.3. The molecule has 0 aromatic heterocycles. The fraction of sp³-hybridized carbons (Fsp3) is 0.111. The fourth-order valence-corrected chi connectivity index (χ4v) is 8.05. The number of nitrogens with one attached hydrogen (secondary N) is 2. The Morgan fingerprint density at radius 2 is 0.896 bits per heavy atom. The molecule has 242 valence electrons. The number of fused-ring (bicyclic) bond motifs is 2. The third kappa shape index (κ3) is 5.69. The summed E-state index contributed by atoms with van der Waals surface area (Å²) in [5, 5.41) is 15.9. The lowest BCUT2D eigenvalue weighted by atomic mass is 9.74. The number of carbonyl (C=O) groups is 2. The largest absolute Gasteiger partial charge is 0.379 e. The maximum Gasteiger partial charge on any atom is 0.339 e. The fourth-order valence-electron chi connectivity index (χ4n) is 5.72. The molecule has 0 heterocycles. The first-order valence-corrected chi connectivity index (χ1v) is 17.6. The number of carbonyl (C=O) groups excluding carboxylic acids is 2. The summed E-state index contributed by atoms with van der Waals surface area (Å²) in [6, 6.07) is 25.4. The number of rotatable bonds is 9. The summed E-state index contributed by atoms with van der Waals surface area (Å²) in [7, 11) is -8.78. The summed E-state index contributed by atoms with van der Waals surface area (Å²) in [5.41, 5.74) is 0.755. The Morgan fingerprint density at radius 3 is 1.23 bits per heavy atom. The van der Waals surface area contributed by atoms with Crippen molar-refractivity contribution in [3.8, 4) is 11.5 Å². The van der Waals surface area contributed by atoms with E-state index in [-0.39, 0.29) is 43.6 Å². The highest BCUT2D eigenvalue weighted by molar-refractivity contribution is 7.97. The maximum atomic E-state index is 13.3. The first kappa shape index (κ1) is 32.5. The van der Waals surface area contributed by atoms with Crippen molar-refractivity contribution in [3.05, 3.63) is 143 Å². The van der Waals surface area contributed by atoms with Crippen LogP contribution in [0, 0.1) is 10.8 Å². The van der Waals surface area contributed by atoms with Gasteiger partial charge in [-0.25, -0.2) is 0 Å². The highest BCUT2D eigenvalue weighted by Crippen LogP contribution is 2.38. The van der Waals surface area contributed by atoms with E-state index in [0.717, 1.165) is 23.3 Å². The molecule has 0 atom stereocenters. The molecule has 4 aromatic rings. The highest BCUT2D eigenvalue weighted by Gasteiger charge is 2.34. The molecule has 0 bridgehead atoms. The Morgan fingerprint density at radius 1 is 0.562 bits per heavy atom. The number of Topliss-reactive ketones (excluding diaryl/α,β-unsaturated/α-hetero) is 2. The summed E-state index contributed by atoms with van der Waals surface area (Å²) in [6.07, 6.45) is 2.62. The minimum absolute atomic E-state index is 0.0429. The van der Waals surface area contributed by atoms with Gasteiger partial charge in [-0.05, 0) is 54.0 Å². The normalized spacial score (nSPS) is 15.9. The molecule has 0 fully saturated rings. The van der Waals surface area contributed by atoms with Gasteiger partial charge in [0, 0.05) is 27.7 Å². The second-order valence-electron chi connectivity index (χ2n) is 11.4. The molecule has 2 aliphatic carbocycles. The van der Waals surface area contributed by atoms with Crippen molar-refractivity contribution in [3.63, 3.8) is 0 Å². The molecule has 2 aliphatic rings. The average Bonchev–Trinajstić information content (AvgIpc) is 3.08. The van der Waals surface area contributed by atoms with Crippen LogP contribution in [0.5, 0.6) is 11.5 Å². The minimum Gasteiger partial charge on any atom is -0.379 e. The summed E-state index contributed by atoms with van der Waals surface area (Å²) in [6.45, 7) is 3.97. The third-order valence-corrected chi connectivity index (χ3v) is 11.1. The molecule has 2 N–H and O–H groups in total. The minimum atomic E-state index is -4.39. The number of hydrogen-bond donors (Lipinski definition) is 2. The molecule has 48 heavy (non-hydrogen) atoms. The van der Waals surface area contributed by atoms with Gasteiger partial charge in [0.1, 0.15) is 32.7 Å². The van der Waals surface area contributed by atoms with Crippen LogP contribution in [0.1, 0.15) is 63.2 Å². The molecule has 12 heteroatoms. The zero-order chi connectivity index (χ0) is 34.4. The second kappa shape index (κ2) is 12.0. The van der Waals surface area contributed by atoms with Gasteiger partial charge < -0.3 is 8.37 Å². The number of hydrogen-bond acceptors (Lipinski definition) is 10. The lowest BCUT2D eigenvalue weighted by Gasteiger charge is -2.30. The van der Waals surface area contributed by atoms with Crippen molar-refractivity contribution in [2.24, 2.45) is 0 Å². The van der Waals surface area contributed by atoms with E-state index in [1.165, 1.54) is 48.5 Å². The van der Waals surface area contributed by atoms with Crippen molar-refractivity contribution in [1.29, 1.82) is 10.8 Å². The maximum absolute atomic E-state index is 13.3. The van der Waals surface area contributed by atoms with Gasteiger partial charge in [0.05, 0.1) is 0 Å². The first-order chi connectivity index (χ1) is 22.7. The second-order valence-corrected chi connectivity index (χ2v) is 14.4. The van der Waals surface area contributed by atoms with Crippen molar-refractivity contribution in [2.45, 2.75) is 25.7 Å². The Hall–Kier alpha value is -5.46. The predicted octanol–water partition coefficient (Wildman–Crippen LogP) is 6.33. The van der Waals surface area contributed by atoms with Crippen LogP contribution >= 0.6 is 0 Å². The van der Waals surface area contributed by atoms with E-state index in [0.29, 0.717) is 6.42 Å². The molecular weight excluding hydrogens is 653 g/mol. The third-order valence-electron chi connectivity index (χ3n) is 8.55. The van der Waals surface area contributed by atoms with Gasteiger partial charge >= 0.3 is 20.2 Å². The smallest absolute Gasteiger partial charge is 0.339 e. The van der Waals surface area contributed by atoms with Gasteiger partial charge in [0.25, 0.3) is 0 Å². The van der Waals surface area contributed by atoms with Gasteiger partial charge in [-0.1, -0.05) is 86.6 Å². The Kier molecular flexibility index (Phi) is 8.10. The van der Waals surface area contributed by atoms with E-state index >= 15 is 0 Å². The first-order valence-electron chi connectivity index (χ1n) is 14.7. The summed E-state index contributed by atoms with van der Waals surface area (Å²) >= 11 is 0. The van der Waals surface area contributed by atoms with E-state index in [2.05, 4.69) is 0 Å². The summed E-state index contributed by atoms with van der Waals surface area (Å²) in [4.78, 5) is 24.2. The molecule has 0 unspecified atom stereocenters. The molecular formula is C36H28N2O8S2. The van der Waals surface area contributed by atoms with E-state index in [4.69, 9.17) is 19.2 Å². The van der Waals surface area contributed by atoms with Crippen molar-refractivity contribution < 1.29 is 34.8 Å². The van der Waals surface area contributed by atoms with Crippen molar-refractivity contribution >= 4 is 53.0 Å². The number of allylic oxidation sites excluding steroid dienone is 2. The quantitative estimate of drug-likeness (QED) is 0.193. The molecule has 10 nitrogen and oxygen atoms in total. The van der Waals surface area contributed by atoms with E-state index in [9.17, 15) is 26.4 Å². The average molecular weight is 681 g/mol. The monoisotopic (exact) mass is 680 g/mol. The molecule has 0 saturated carbocycles. The van der Waals surface area contributed by atoms with Crippen molar-refractivity contribution in [2.75, 3.05) is 0 Å². The summed E-state index contributed by atoms with van der Waals surface area (Å²) in [5.74, 6) is -1.05. The van der Waals surface area contributed by atoms with Gasteiger partial charge in [0.2, 0.25) is 11.6 Å². The van der Waals surface area contributed by atoms with Crippen LogP contribution in [-0.4, -0.2) is 39.8 Å². The molecule has 0 saturated heterocycles. The highest BCUT2D eigenvalue weighted by atomic mass is 32.2. The van der Waals surface area contributed by atoms with Crippen LogP contribution in [0.15, 0.2) is 109 Å². The zero-order valence-electron chi connectivity index (χ0n) is 25.7. The van der Waals surface area contributed by atoms with Crippen molar-refractivity contribution in [1.82, 2.24) is 0 Å². The Labute approximate surface area is 277 Å².